The van der Waals surface area contributed by atoms with Gasteiger partial charge in [0.25, 0.3) is 0 Å². The molecular weight excluding hydrogens is 234 g/mol. The minimum Gasteiger partial charge on any atom is -0.456 e. The van der Waals surface area contributed by atoms with E-state index < -0.39 is 0 Å². The molecule has 89 valence electrons. The number of benzene rings is 2. The van der Waals surface area contributed by atoms with Crippen molar-refractivity contribution in [3.63, 3.8) is 0 Å². The van der Waals surface area contributed by atoms with E-state index in [1.807, 2.05) is 42.5 Å². The van der Waals surface area contributed by atoms with Gasteiger partial charge in [0.1, 0.15) is 11.2 Å². The average Bonchev–Trinajstić information content (AvgIpc) is 2.86. The van der Waals surface area contributed by atoms with Crippen molar-refractivity contribution in [1.29, 1.82) is 0 Å². The van der Waals surface area contributed by atoms with Crippen molar-refractivity contribution < 1.29 is 4.42 Å². The molecule has 2 aromatic heterocycles. The third kappa shape index (κ3) is 1.61. The quantitative estimate of drug-likeness (QED) is 0.494. The predicted octanol–water partition coefficient (Wildman–Crippen LogP) is 4.45. The van der Waals surface area contributed by atoms with Gasteiger partial charge in [0.2, 0.25) is 0 Å². The zero-order valence-electron chi connectivity index (χ0n) is 10.1. The molecule has 0 saturated carbocycles. The van der Waals surface area contributed by atoms with Gasteiger partial charge in [-0.2, -0.15) is 0 Å². The zero-order chi connectivity index (χ0) is 12.7. The van der Waals surface area contributed by atoms with Crippen molar-refractivity contribution in [1.82, 2.24) is 4.98 Å². The van der Waals surface area contributed by atoms with E-state index >= 15 is 0 Å². The van der Waals surface area contributed by atoms with Gasteiger partial charge in [-0.05, 0) is 36.4 Å². The van der Waals surface area contributed by atoms with Crippen LogP contribution < -0.4 is 0 Å². The third-order valence-corrected chi connectivity index (χ3v) is 3.25. The molecule has 0 aliphatic carbocycles. The molecule has 0 amide bonds. The number of aromatic nitrogens is 1. The average molecular weight is 244 g/mol. The molecule has 0 atom stereocenters. The molecule has 0 aliphatic rings. The van der Waals surface area contributed by atoms with Gasteiger partial charge >= 0.3 is 0 Å². The fourth-order valence-electron chi connectivity index (χ4n) is 2.34. The monoisotopic (exact) mass is 244 g/mol. The highest BCUT2D eigenvalue weighted by Gasteiger charge is 2.08. The first kappa shape index (κ1) is 10.3. The van der Waals surface area contributed by atoms with Crippen LogP contribution in [0.4, 0.5) is 0 Å². The summed E-state index contributed by atoms with van der Waals surface area (Å²) >= 11 is 0. The summed E-state index contributed by atoms with van der Waals surface area (Å²) in [5, 5.41) is 2.23. The Labute approximate surface area is 110 Å². The first-order chi connectivity index (χ1) is 9.42. The highest BCUT2D eigenvalue weighted by atomic mass is 16.3. The maximum Gasteiger partial charge on any atom is 0.136 e. The summed E-state index contributed by atoms with van der Waals surface area (Å²) in [6.07, 6.45) is 1.79. The highest BCUT2D eigenvalue weighted by Crippen LogP contribution is 2.31. The molecule has 2 nitrogen and oxygen atoms in total. The topological polar surface area (TPSA) is 26.0 Å². The van der Waals surface area contributed by atoms with Gasteiger partial charge < -0.3 is 4.42 Å². The molecular formula is C17H10NO. The van der Waals surface area contributed by atoms with Crippen LogP contribution in [0.3, 0.4) is 0 Å². The molecule has 0 unspecified atom stereocenters. The Kier molecular flexibility index (Phi) is 2.15. The molecule has 2 heteroatoms. The minimum absolute atomic E-state index is 0.862. The number of hydrogen-bond donors (Lipinski definition) is 0. The lowest BCUT2D eigenvalue weighted by Gasteiger charge is -1.99. The maximum atomic E-state index is 5.79. The summed E-state index contributed by atoms with van der Waals surface area (Å²) in [7, 11) is 0. The lowest BCUT2D eigenvalue weighted by molar-refractivity contribution is 0.669. The van der Waals surface area contributed by atoms with Crippen LogP contribution in [0.1, 0.15) is 0 Å². The molecule has 2 heterocycles. The Morgan fingerprint density at radius 1 is 0.895 bits per heavy atom. The summed E-state index contributed by atoms with van der Waals surface area (Å²) in [5.41, 5.74) is 3.68. The van der Waals surface area contributed by atoms with Gasteiger partial charge in [-0.3, -0.25) is 4.98 Å². The van der Waals surface area contributed by atoms with Crippen molar-refractivity contribution in [2.45, 2.75) is 0 Å². The Balaban J connectivity index is 2.03. The second kappa shape index (κ2) is 3.95. The summed E-state index contributed by atoms with van der Waals surface area (Å²) in [6, 6.07) is 21.1. The Morgan fingerprint density at radius 3 is 2.68 bits per heavy atom. The highest BCUT2D eigenvalue weighted by molar-refractivity contribution is 6.06. The zero-order valence-corrected chi connectivity index (χ0v) is 10.1. The third-order valence-electron chi connectivity index (χ3n) is 3.25. The largest absolute Gasteiger partial charge is 0.456 e. The summed E-state index contributed by atoms with van der Waals surface area (Å²) in [5.74, 6) is 0. The predicted molar refractivity (Wildman–Crippen MR) is 75.8 cm³/mol. The van der Waals surface area contributed by atoms with Crippen LogP contribution >= 0.6 is 0 Å². The lowest BCUT2D eigenvalue weighted by Crippen LogP contribution is -1.81. The van der Waals surface area contributed by atoms with Crippen LogP contribution in [0, 0.1) is 6.07 Å². The van der Waals surface area contributed by atoms with Gasteiger partial charge in [-0.25, -0.2) is 0 Å². The van der Waals surface area contributed by atoms with Gasteiger partial charge in [0.05, 0.1) is 5.69 Å². The molecule has 1 radical (unpaired) electrons. The van der Waals surface area contributed by atoms with Crippen LogP contribution in [0.2, 0.25) is 0 Å². The number of furan rings is 1. The molecule has 0 fully saturated rings. The summed E-state index contributed by atoms with van der Waals surface area (Å²) < 4.78 is 5.79. The molecule has 2 aromatic carbocycles. The molecule has 0 spiro atoms. The van der Waals surface area contributed by atoms with E-state index in [0.29, 0.717) is 0 Å². The van der Waals surface area contributed by atoms with Gasteiger partial charge in [0, 0.05) is 22.5 Å². The van der Waals surface area contributed by atoms with Crippen molar-refractivity contribution >= 4 is 21.9 Å². The van der Waals surface area contributed by atoms with Crippen LogP contribution in [0.25, 0.3) is 33.2 Å². The van der Waals surface area contributed by atoms with Crippen LogP contribution in [0.15, 0.2) is 65.2 Å². The van der Waals surface area contributed by atoms with Crippen molar-refractivity contribution in [2.75, 3.05) is 0 Å². The second-order valence-electron chi connectivity index (χ2n) is 4.44. The van der Waals surface area contributed by atoms with Crippen molar-refractivity contribution in [2.24, 2.45) is 0 Å². The van der Waals surface area contributed by atoms with Crippen molar-refractivity contribution in [3.05, 3.63) is 66.9 Å². The first-order valence-corrected chi connectivity index (χ1v) is 6.16. The first-order valence-electron chi connectivity index (χ1n) is 6.16. The van der Waals surface area contributed by atoms with E-state index in [2.05, 4.69) is 23.2 Å². The molecule has 0 bridgehead atoms. The van der Waals surface area contributed by atoms with Crippen LogP contribution in [-0.2, 0) is 0 Å². The molecule has 0 N–H and O–H groups in total. The minimum atomic E-state index is 0.862. The summed E-state index contributed by atoms with van der Waals surface area (Å²) in [6.45, 7) is 0. The maximum absolute atomic E-state index is 5.79. The van der Waals surface area contributed by atoms with E-state index in [9.17, 15) is 0 Å². The molecule has 0 aliphatic heterocycles. The number of fused-ring (bicyclic) bond motifs is 3. The number of para-hydroxylation sites is 1. The molecule has 0 saturated heterocycles. The summed E-state index contributed by atoms with van der Waals surface area (Å²) in [4.78, 5) is 4.36. The van der Waals surface area contributed by atoms with Gasteiger partial charge in [-0.15, -0.1) is 0 Å². The molecule has 4 rings (SSSR count). The van der Waals surface area contributed by atoms with Gasteiger partial charge in [-0.1, -0.05) is 24.3 Å². The lowest BCUT2D eigenvalue weighted by atomic mass is 10.1. The van der Waals surface area contributed by atoms with E-state index in [1.165, 1.54) is 0 Å². The van der Waals surface area contributed by atoms with E-state index in [-0.39, 0.29) is 0 Å². The van der Waals surface area contributed by atoms with Gasteiger partial charge in [0.15, 0.2) is 0 Å². The van der Waals surface area contributed by atoms with E-state index in [1.54, 1.807) is 6.20 Å². The SMILES string of the molecule is [c]1cc2oc3ccccc3c2cc1-c1ccccn1. The molecule has 4 aromatic rings. The van der Waals surface area contributed by atoms with E-state index in [4.69, 9.17) is 4.42 Å². The Hall–Kier alpha value is -2.61. The van der Waals surface area contributed by atoms with Crippen LogP contribution in [-0.4, -0.2) is 4.98 Å². The Morgan fingerprint density at radius 2 is 1.79 bits per heavy atom. The number of nitrogens with zero attached hydrogens (tertiary/aromatic N) is 1. The fourth-order valence-corrected chi connectivity index (χ4v) is 2.34. The number of pyridine rings is 1. The standard InChI is InChI=1S/C17H10NO/c1-2-7-16-13(5-1)14-11-12(8-9-17(14)19-16)15-6-3-4-10-18-15/h1-7,9-11H. The number of hydrogen-bond acceptors (Lipinski definition) is 2. The fraction of sp³-hybridized carbons (Fsp3) is 0. The Bertz CT molecular complexity index is 862. The normalized spacial score (nSPS) is 11.2. The smallest absolute Gasteiger partial charge is 0.136 e. The van der Waals surface area contributed by atoms with Crippen molar-refractivity contribution in [3.8, 4) is 11.3 Å². The number of rotatable bonds is 1. The molecule has 19 heavy (non-hydrogen) atoms. The van der Waals surface area contributed by atoms with Crippen LogP contribution in [0.5, 0.6) is 0 Å². The van der Waals surface area contributed by atoms with E-state index in [0.717, 1.165) is 33.2 Å². The second-order valence-corrected chi connectivity index (χ2v) is 4.44.